The highest BCUT2D eigenvalue weighted by molar-refractivity contribution is 5.53. The van der Waals surface area contributed by atoms with E-state index in [1.807, 2.05) is 37.3 Å². The lowest BCUT2D eigenvalue weighted by molar-refractivity contribution is -0.0268. The van der Waals surface area contributed by atoms with Gasteiger partial charge in [-0.2, -0.15) is 4.98 Å². The van der Waals surface area contributed by atoms with Crippen molar-refractivity contribution in [1.29, 1.82) is 0 Å². The highest BCUT2D eigenvalue weighted by Crippen LogP contribution is 2.28. The van der Waals surface area contributed by atoms with E-state index in [0.717, 1.165) is 29.5 Å². The van der Waals surface area contributed by atoms with Crippen LogP contribution >= 0.6 is 0 Å². The molecule has 1 aliphatic heterocycles. The van der Waals surface area contributed by atoms with E-state index in [4.69, 9.17) is 13.7 Å². The van der Waals surface area contributed by atoms with Gasteiger partial charge in [0.25, 0.3) is 0 Å². The molecular weight excluding hydrogens is 344 g/mol. The number of hydrogen-bond donors (Lipinski definition) is 0. The van der Waals surface area contributed by atoms with Crippen LogP contribution in [0.15, 0.2) is 39.3 Å². The maximum atomic E-state index is 5.98. The second-order valence-electron chi connectivity index (χ2n) is 7.10. The van der Waals surface area contributed by atoms with Crippen molar-refractivity contribution in [2.45, 2.75) is 39.3 Å². The first-order valence-electron chi connectivity index (χ1n) is 9.29. The van der Waals surface area contributed by atoms with Crippen LogP contribution in [0.5, 0.6) is 0 Å². The number of nitrogens with zero attached hydrogens (tertiary/aromatic N) is 4. The third kappa shape index (κ3) is 3.79. The molecule has 1 saturated heterocycles. The lowest BCUT2D eigenvalue weighted by Gasteiger charge is -2.32. The Bertz CT molecular complexity index is 888. The summed E-state index contributed by atoms with van der Waals surface area (Å²) in [4.78, 5) is 11.4. The molecule has 3 heterocycles. The van der Waals surface area contributed by atoms with Gasteiger partial charge in [0.2, 0.25) is 11.7 Å². The molecule has 0 radical (unpaired) electrons. The highest BCUT2D eigenvalue weighted by Gasteiger charge is 2.31. The van der Waals surface area contributed by atoms with Crippen LogP contribution in [0, 0.1) is 6.92 Å². The summed E-state index contributed by atoms with van der Waals surface area (Å²) in [6.07, 6.45) is 0. The van der Waals surface area contributed by atoms with E-state index in [-0.39, 0.29) is 12.0 Å². The van der Waals surface area contributed by atoms with E-state index < -0.39 is 0 Å². The molecule has 7 heteroatoms. The smallest absolute Gasteiger partial charge is 0.246 e. The number of aromatic nitrogens is 3. The molecule has 0 amide bonds. The van der Waals surface area contributed by atoms with Gasteiger partial charge in [0.15, 0.2) is 5.89 Å². The van der Waals surface area contributed by atoms with E-state index in [9.17, 15) is 0 Å². The average molecular weight is 368 g/mol. The summed E-state index contributed by atoms with van der Waals surface area (Å²) >= 11 is 0. The van der Waals surface area contributed by atoms with Gasteiger partial charge in [0.05, 0.1) is 25.5 Å². The number of rotatable bonds is 5. The van der Waals surface area contributed by atoms with Crippen LogP contribution in [0.25, 0.3) is 11.4 Å². The van der Waals surface area contributed by atoms with Crippen molar-refractivity contribution in [3.05, 3.63) is 53.6 Å². The molecular formula is C20H24N4O3. The van der Waals surface area contributed by atoms with Crippen molar-refractivity contribution < 1.29 is 13.7 Å². The molecule has 2 aromatic heterocycles. The van der Waals surface area contributed by atoms with Crippen LogP contribution in [-0.4, -0.2) is 39.8 Å². The molecule has 27 heavy (non-hydrogen) atoms. The fraction of sp³-hybridized carbons (Fsp3) is 0.450. The van der Waals surface area contributed by atoms with Gasteiger partial charge in [0.1, 0.15) is 11.8 Å². The van der Waals surface area contributed by atoms with Gasteiger partial charge >= 0.3 is 0 Å². The van der Waals surface area contributed by atoms with Gasteiger partial charge in [-0.25, -0.2) is 4.98 Å². The fourth-order valence-electron chi connectivity index (χ4n) is 3.16. The van der Waals surface area contributed by atoms with Crippen molar-refractivity contribution in [1.82, 2.24) is 20.0 Å². The number of hydrogen-bond acceptors (Lipinski definition) is 7. The SMILES string of the molecule is Cc1nc(C(C)C)oc1CN1CCOCC1c1nc(-c2ccccc2)no1. The van der Waals surface area contributed by atoms with Gasteiger partial charge in [-0.15, -0.1) is 0 Å². The summed E-state index contributed by atoms with van der Waals surface area (Å²) in [5.74, 6) is 3.08. The fourth-order valence-corrected chi connectivity index (χ4v) is 3.16. The van der Waals surface area contributed by atoms with E-state index in [0.29, 0.717) is 31.5 Å². The van der Waals surface area contributed by atoms with Gasteiger partial charge < -0.3 is 13.7 Å². The normalized spacial score (nSPS) is 18.3. The quantitative estimate of drug-likeness (QED) is 0.679. The summed E-state index contributed by atoms with van der Waals surface area (Å²) in [6, 6.07) is 9.72. The Morgan fingerprint density at radius 1 is 1.19 bits per heavy atom. The topological polar surface area (TPSA) is 77.4 Å². The summed E-state index contributed by atoms with van der Waals surface area (Å²) in [5.41, 5.74) is 1.86. The number of oxazole rings is 1. The lowest BCUT2D eigenvalue weighted by atomic mass is 10.2. The Morgan fingerprint density at radius 2 is 2.00 bits per heavy atom. The maximum Gasteiger partial charge on any atom is 0.246 e. The molecule has 0 spiro atoms. The summed E-state index contributed by atoms with van der Waals surface area (Å²) in [6.45, 7) is 8.74. The molecule has 0 aliphatic carbocycles. The molecule has 1 atom stereocenters. The minimum Gasteiger partial charge on any atom is -0.444 e. The Kier molecular flexibility index (Phi) is 5.05. The largest absolute Gasteiger partial charge is 0.444 e. The molecule has 1 aliphatic rings. The van der Waals surface area contributed by atoms with E-state index >= 15 is 0 Å². The van der Waals surface area contributed by atoms with Gasteiger partial charge in [0, 0.05) is 18.0 Å². The monoisotopic (exact) mass is 368 g/mol. The summed E-state index contributed by atoms with van der Waals surface area (Å²) in [7, 11) is 0. The van der Waals surface area contributed by atoms with Crippen molar-refractivity contribution in [3.63, 3.8) is 0 Å². The second kappa shape index (κ2) is 7.62. The molecule has 1 unspecified atom stereocenters. The Hall–Kier alpha value is -2.51. The molecule has 1 fully saturated rings. The molecule has 142 valence electrons. The molecule has 1 aromatic carbocycles. The van der Waals surface area contributed by atoms with Gasteiger partial charge in [-0.1, -0.05) is 49.3 Å². The van der Waals surface area contributed by atoms with Crippen LogP contribution in [0.4, 0.5) is 0 Å². The van der Waals surface area contributed by atoms with E-state index in [2.05, 4.69) is 33.9 Å². The van der Waals surface area contributed by atoms with Gasteiger partial charge in [-0.3, -0.25) is 4.90 Å². The van der Waals surface area contributed by atoms with Gasteiger partial charge in [-0.05, 0) is 6.92 Å². The van der Waals surface area contributed by atoms with Crippen LogP contribution in [0.1, 0.15) is 49.0 Å². The minimum atomic E-state index is -0.101. The summed E-state index contributed by atoms with van der Waals surface area (Å²) in [5, 5.41) is 4.14. The zero-order valence-electron chi connectivity index (χ0n) is 15.9. The predicted octanol–water partition coefficient (Wildman–Crippen LogP) is 3.73. The first-order valence-corrected chi connectivity index (χ1v) is 9.29. The minimum absolute atomic E-state index is 0.101. The first-order chi connectivity index (χ1) is 13.1. The Labute approximate surface area is 158 Å². The third-order valence-electron chi connectivity index (χ3n) is 4.75. The standard InChI is InChI=1S/C20H24N4O3/c1-13(2)19-21-14(3)17(26-19)11-24-9-10-25-12-16(24)20-22-18(23-27-20)15-7-5-4-6-8-15/h4-8,13,16H,9-12H2,1-3H3. The predicted molar refractivity (Wildman–Crippen MR) is 99.0 cm³/mol. The maximum absolute atomic E-state index is 5.98. The second-order valence-corrected chi connectivity index (χ2v) is 7.10. The Balaban J connectivity index is 1.55. The van der Waals surface area contributed by atoms with E-state index in [1.165, 1.54) is 0 Å². The molecule has 0 saturated carbocycles. The lowest BCUT2D eigenvalue weighted by Crippen LogP contribution is -2.39. The first kappa shape index (κ1) is 17.9. The van der Waals surface area contributed by atoms with Crippen molar-refractivity contribution in [2.75, 3.05) is 19.8 Å². The molecule has 0 N–H and O–H groups in total. The molecule has 0 bridgehead atoms. The van der Waals surface area contributed by atoms with Crippen molar-refractivity contribution in [3.8, 4) is 11.4 Å². The molecule has 4 rings (SSSR count). The number of benzene rings is 1. The van der Waals surface area contributed by atoms with Crippen LogP contribution in [-0.2, 0) is 11.3 Å². The third-order valence-corrected chi connectivity index (χ3v) is 4.75. The van der Waals surface area contributed by atoms with Crippen LogP contribution in [0.3, 0.4) is 0 Å². The number of morpholine rings is 1. The van der Waals surface area contributed by atoms with Crippen molar-refractivity contribution >= 4 is 0 Å². The average Bonchev–Trinajstić information content (AvgIpc) is 3.31. The zero-order chi connectivity index (χ0) is 18.8. The van der Waals surface area contributed by atoms with Crippen LogP contribution < -0.4 is 0 Å². The highest BCUT2D eigenvalue weighted by atomic mass is 16.5. The number of ether oxygens (including phenoxy) is 1. The van der Waals surface area contributed by atoms with Crippen molar-refractivity contribution in [2.24, 2.45) is 0 Å². The Morgan fingerprint density at radius 3 is 2.74 bits per heavy atom. The van der Waals surface area contributed by atoms with E-state index in [1.54, 1.807) is 0 Å². The molecule has 3 aromatic rings. The summed E-state index contributed by atoms with van der Waals surface area (Å²) < 4.78 is 17.2. The number of aryl methyl sites for hydroxylation is 1. The van der Waals surface area contributed by atoms with Crippen LogP contribution in [0.2, 0.25) is 0 Å². The molecule has 7 nitrogen and oxygen atoms in total. The zero-order valence-corrected chi connectivity index (χ0v) is 15.9.